The van der Waals surface area contributed by atoms with E-state index in [0.717, 1.165) is 24.2 Å². The van der Waals surface area contributed by atoms with E-state index in [1.54, 1.807) is 0 Å². The molecule has 0 saturated heterocycles. The van der Waals surface area contributed by atoms with Gasteiger partial charge >= 0.3 is 0 Å². The van der Waals surface area contributed by atoms with Crippen LogP contribution in [0.15, 0.2) is 24.3 Å². The molecule has 1 atom stereocenters. The van der Waals surface area contributed by atoms with Crippen molar-refractivity contribution in [1.82, 2.24) is 0 Å². The molecular weight excluding hydrogens is 212 g/mol. The Morgan fingerprint density at radius 2 is 1.82 bits per heavy atom. The molecule has 0 radical (unpaired) electrons. The second kappa shape index (κ2) is 6.65. The molecule has 17 heavy (non-hydrogen) atoms. The molecule has 0 aliphatic rings. The van der Waals surface area contributed by atoms with E-state index in [-0.39, 0.29) is 12.2 Å². The second-order valence-corrected chi connectivity index (χ2v) is 4.76. The van der Waals surface area contributed by atoms with Crippen LogP contribution in [-0.2, 0) is 0 Å². The molecule has 0 aromatic heterocycles. The van der Waals surface area contributed by atoms with Gasteiger partial charge in [-0.2, -0.15) is 0 Å². The zero-order valence-electron chi connectivity index (χ0n) is 11.3. The van der Waals surface area contributed by atoms with Gasteiger partial charge in [0.2, 0.25) is 0 Å². The van der Waals surface area contributed by atoms with Crippen molar-refractivity contribution in [2.45, 2.75) is 52.7 Å². The average molecular weight is 236 g/mol. The van der Waals surface area contributed by atoms with E-state index in [2.05, 4.69) is 13.8 Å². The van der Waals surface area contributed by atoms with Crippen molar-refractivity contribution in [3.8, 4) is 5.75 Å². The lowest BCUT2D eigenvalue weighted by atomic mass is 9.91. The van der Waals surface area contributed by atoms with Gasteiger partial charge in [-0.1, -0.05) is 38.8 Å². The highest BCUT2D eigenvalue weighted by atomic mass is 16.5. The average Bonchev–Trinajstić information content (AvgIpc) is 2.30. The summed E-state index contributed by atoms with van der Waals surface area (Å²) in [4.78, 5) is 0. The van der Waals surface area contributed by atoms with Crippen molar-refractivity contribution < 1.29 is 9.84 Å². The fourth-order valence-electron chi connectivity index (χ4n) is 2.05. The molecule has 0 fully saturated rings. The Bertz CT molecular complexity index is 329. The number of ether oxygens (including phenoxy) is 1. The predicted octanol–water partition coefficient (Wildman–Crippen LogP) is 3.94. The molecule has 0 amide bonds. The summed E-state index contributed by atoms with van der Waals surface area (Å²) in [7, 11) is 0. The maximum atomic E-state index is 10.3. The molecule has 96 valence electrons. The van der Waals surface area contributed by atoms with Crippen molar-refractivity contribution in [3.63, 3.8) is 0 Å². The molecule has 2 heteroatoms. The van der Waals surface area contributed by atoms with Gasteiger partial charge in [-0.25, -0.2) is 0 Å². The van der Waals surface area contributed by atoms with Gasteiger partial charge in [0, 0.05) is 0 Å². The minimum atomic E-state index is -0.388. The first-order valence-electron chi connectivity index (χ1n) is 6.53. The molecule has 1 N–H and O–H groups in total. The molecule has 0 bridgehead atoms. The van der Waals surface area contributed by atoms with E-state index < -0.39 is 0 Å². The molecule has 0 aliphatic carbocycles. The third-order valence-electron chi connectivity index (χ3n) is 3.07. The molecule has 1 unspecified atom stereocenters. The highest BCUT2D eigenvalue weighted by Crippen LogP contribution is 2.29. The number of rotatable bonds is 6. The number of hydrogen-bond donors (Lipinski definition) is 1. The van der Waals surface area contributed by atoms with Gasteiger partial charge < -0.3 is 9.84 Å². The highest BCUT2D eigenvalue weighted by Gasteiger charge is 2.17. The van der Waals surface area contributed by atoms with Crippen LogP contribution in [0.2, 0.25) is 0 Å². The highest BCUT2D eigenvalue weighted by molar-refractivity contribution is 5.30. The number of benzene rings is 1. The topological polar surface area (TPSA) is 29.5 Å². The quantitative estimate of drug-likeness (QED) is 0.810. The molecule has 0 aliphatic heterocycles. The largest absolute Gasteiger partial charge is 0.491 e. The zero-order valence-corrected chi connectivity index (χ0v) is 11.3. The van der Waals surface area contributed by atoms with Crippen molar-refractivity contribution in [2.24, 2.45) is 5.92 Å². The van der Waals surface area contributed by atoms with Gasteiger partial charge in [0.05, 0.1) is 12.2 Å². The summed E-state index contributed by atoms with van der Waals surface area (Å²) in [5.41, 5.74) is 0.955. The third-order valence-corrected chi connectivity index (χ3v) is 3.07. The van der Waals surface area contributed by atoms with Crippen LogP contribution in [-0.4, -0.2) is 11.2 Å². The van der Waals surface area contributed by atoms with Crippen molar-refractivity contribution >= 4 is 0 Å². The Morgan fingerprint density at radius 3 is 2.35 bits per heavy atom. The summed E-state index contributed by atoms with van der Waals surface area (Å²) >= 11 is 0. The van der Waals surface area contributed by atoms with Crippen LogP contribution in [0.1, 0.15) is 52.2 Å². The fourth-order valence-corrected chi connectivity index (χ4v) is 2.05. The standard InChI is InChI=1S/C15H24O2/c1-5-12(6-2)15(16)13-8-7-9-14(10-13)17-11(3)4/h7-12,15-16H,5-6H2,1-4H3. The van der Waals surface area contributed by atoms with E-state index in [1.165, 1.54) is 0 Å². The fraction of sp³-hybridized carbons (Fsp3) is 0.600. The minimum Gasteiger partial charge on any atom is -0.491 e. The third kappa shape index (κ3) is 4.04. The van der Waals surface area contributed by atoms with E-state index >= 15 is 0 Å². The van der Waals surface area contributed by atoms with Gasteiger partial charge in [-0.05, 0) is 37.5 Å². The van der Waals surface area contributed by atoms with Gasteiger partial charge in [0.15, 0.2) is 0 Å². The summed E-state index contributed by atoms with van der Waals surface area (Å²) in [5.74, 6) is 1.16. The van der Waals surface area contributed by atoms with E-state index in [4.69, 9.17) is 4.74 Å². The van der Waals surface area contributed by atoms with Crippen LogP contribution in [0.5, 0.6) is 5.75 Å². The Hall–Kier alpha value is -1.02. The van der Waals surface area contributed by atoms with Crippen LogP contribution in [0, 0.1) is 5.92 Å². The lowest BCUT2D eigenvalue weighted by molar-refractivity contribution is 0.103. The number of aliphatic hydroxyl groups excluding tert-OH is 1. The van der Waals surface area contributed by atoms with Gasteiger partial charge in [0.1, 0.15) is 5.75 Å². The van der Waals surface area contributed by atoms with Crippen LogP contribution < -0.4 is 4.74 Å². The SMILES string of the molecule is CCC(CC)C(O)c1cccc(OC(C)C)c1. The molecule has 1 aromatic rings. The molecule has 2 nitrogen and oxygen atoms in total. The second-order valence-electron chi connectivity index (χ2n) is 4.76. The first kappa shape index (κ1) is 14.0. The molecule has 1 aromatic carbocycles. The number of hydrogen-bond acceptors (Lipinski definition) is 2. The first-order valence-corrected chi connectivity index (χ1v) is 6.53. The monoisotopic (exact) mass is 236 g/mol. The number of aliphatic hydroxyl groups is 1. The molecule has 0 saturated carbocycles. The van der Waals surface area contributed by atoms with Crippen LogP contribution >= 0.6 is 0 Å². The van der Waals surface area contributed by atoms with Crippen molar-refractivity contribution in [1.29, 1.82) is 0 Å². The summed E-state index contributed by atoms with van der Waals surface area (Å²) in [6.45, 7) is 8.24. The van der Waals surface area contributed by atoms with Crippen molar-refractivity contribution in [3.05, 3.63) is 29.8 Å². The van der Waals surface area contributed by atoms with Gasteiger partial charge in [-0.15, -0.1) is 0 Å². The van der Waals surface area contributed by atoms with Crippen molar-refractivity contribution in [2.75, 3.05) is 0 Å². The Balaban J connectivity index is 2.83. The Kier molecular flexibility index (Phi) is 5.49. The summed E-state index contributed by atoms with van der Waals surface area (Å²) < 4.78 is 5.64. The Labute approximate surface area is 105 Å². The summed E-state index contributed by atoms with van der Waals surface area (Å²) in [6.07, 6.45) is 1.76. The lowest BCUT2D eigenvalue weighted by Crippen LogP contribution is -2.11. The molecule has 1 rings (SSSR count). The maximum absolute atomic E-state index is 10.3. The van der Waals surface area contributed by atoms with E-state index in [9.17, 15) is 5.11 Å². The van der Waals surface area contributed by atoms with E-state index in [0.29, 0.717) is 5.92 Å². The van der Waals surface area contributed by atoms with E-state index in [1.807, 2.05) is 38.1 Å². The smallest absolute Gasteiger partial charge is 0.120 e. The van der Waals surface area contributed by atoms with Crippen LogP contribution in [0.3, 0.4) is 0 Å². The summed E-state index contributed by atoms with van der Waals surface area (Å²) in [5, 5.41) is 10.3. The van der Waals surface area contributed by atoms with Crippen LogP contribution in [0.4, 0.5) is 0 Å². The first-order chi connectivity index (χ1) is 8.08. The predicted molar refractivity (Wildman–Crippen MR) is 71.2 cm³/mol. The van der Waals surface area contributed by atoms with Gasteiger partial charge in [-0.3, -0.25) is 0 Å². The maximum Gasteiger partial charge on any atom is 0.120 e. The normalized spacial score (nSPS) is 13.1. The molecule has 0 heterocycles. The lowest BCUT2D eigenvalue weighted by Gasteiger charge is -2.21. The molecule has 0 spiro atoms. The zero-order chi connectivity index (χ0) is 12.8. The van der Waals surface area contributed by atoms with Crippen LogP contribution in [0.25, 0.3) is 0 Å². The summed E-state index contributed by atoms with van der Waals surface area (Å²) in [6, 6.07) is 7.79. The van der Waals surface area contributed by atoms with Gasteiger partial charge in [0.25, 0.3) is 0 Å². The minimum absolute atomic E-state index is 0.163. The molecular formula is C15H24O2. The Morgan fingerprint density at radius 1 is 1.18 bits per heavy atom.